The van der Waals surface area contributed by atoms with Crippen molar-refractivity contribution in [3.05, 3.63) is 83.0 Å². The number of ketones is 2. The zero-order valence-electron chi connectivity index (χ0n) is 18.4. The molecule has 0 saturated carbocycles. The van der Waals surface area contributed by atoms with Gasteiger partial charge in [-0.2, -0.15) is 0 Å². The fourth-order valence-corrected chi connectivity index (χ4v) is 3.93. The van der Waals surface area contributed by atoms with Crippen molar-refractivity contribution in [2.24, 2.45) is 0 Å². The molecule has 0 aliphatic carbocycles. The molecule has 0 spiro atoms. The van der Waals surface area contributed by atoms with E-state index in [1.165, 1.54) is 24.3 Å². The van der Waals surface area contributed by atoms with Crippen LogP contribution >= 0.6 is 0 Å². The van der Waals surface area contributed by atoms with Crippen LogP contribution in [0, 0.1) is 0 Å². The van der Waals surface area contributed by atoms with Crippen LogP contribution in [0.4, 0.5) is 0 Å². The number of hydrogen-bond donors (Lipinski definition) is 4. The third-order valence-electron chi connectivity index (χ3n) is 5.34. The topological polar surface area (TPSA) is 183 Å². The Balaban J connectivity index is 2.28. The summed E-state index contributed by atoms with van der Waals surface area (Å²) in [7, 11) is 0. The first kappa shape index (κ1) is 25.5. The summed E-state index contributed by atoms with van der Waals surface area (Å²) in [5.41, 5.74) is -1.14. The lowest BCUT2D eigenvalue weighted by atomic mass is 9.86. The van der Waals surface area contributed by atoms with Gasteiger partial charge < -0.3 is 20.4 Å². The van der Waals surface area contributed by atoms with E-state index < -0.39 is 59.4 Å². The van der Waals surface area contributed by atoms with Crippen molar-refractivity contribution in [1.29, 1.82) is 0 Å². The highest BCUT2D eigenvalue weighted by molar-refractivity contribution is 6.28. The number of Topliss-reactive ketones (excluding diaryl/α,β-unsaturated/α-hetero) is 2. The van der Waals surface area contributed by atoms with Crippen molar-refractivity contribution in [3.8, 4) is 0 Å². The van der Waals surface area contributed by atoms with E-state index >= 15 is 0 Å². The molecule has 0 aromatic heterocycles. The average Bonchev–Trinajstić information content (AvgIpc) is 2.80. The smallest absolute Gasteiger partial charge is 0.332 e. The molecule has 182 valence electrons. The zero-order chi connectivity index (χ0) is 26.6. The number of benzene rings is 3. The molecule has 0 radical (unpaired) electrons. The Morgan fingerprint density at radius 3 is 1.03 bits per heavy atom. The standard InChI is InChI=1S/C26H18O10/c27-19(9-13(25(33)34)11-21(29)30)23-15-5-1-2-6-16(15)24(18-8-4-3-7-17(18)23)20(28)10-14(26(35)36)12-22(31)32/h1-8,11-12H,9-10H2,(H,29,30)(H,31,32)(H,33,34)(H,35,36)/b13-11-,14-12-. The number of carbonyl (C=O) groups excluding carboxylic acids is 2. The lowest BCUT2D eigenvalue weighted by molar-refractivity contribution is -0.135. The Morgan fingerprint density at radius 2 is 0.806 bits per heavy atom. The molecule has 0 aliphatic rings. The normalized spacial score (nSPS) is 11.9. The number of aliphatic carboxylic acids is 4. The van der Waals surface area contributed by atoms with E-state index in [0.717, 1.165) is 0 Å². The molecule has 0 saturated heterocycles. The summed E-state index contributed by atoms with van der Waals surface area (Å²) in [5, 5.41) is 37.6. The second-order valence-corrected chi connectivity index (χ2v) is 7.67. The summed E-state index contributed by atoms with van der Waals surface area (Å²) in [6, 6.07) is 12.4. The summed E-state index contributed by atoms with van der Waals surface area (Å²) in [5.74, 6) is -7.60. The summed E-state index contributed by atoms with van der Waals surface area (Å²) in [4.78, 5) is 71.6. The van der Waals surface area contributed by atoms with Gasteiger partial charge in [0.15, 0.2) is 11.6 Å². The Labute approximate surface area is 202 Å². The van der Waals surface area contributed by atoms with Crippen LogP contribution in [0.2, 0.25) is 0 Å². The molecule has 0 unspecified atom stereocenters. The molecule has 3 rings (SSSR count). The van der Waals surface area contributed by atoms with Gasteiger partial charge in [0.25, 0.3) is 0 Å². The minimum absolute atomic E-state index is 0.0647. The molecule has 0 atom stereocenters. The molecule has 36 heavy (non-hydrogen) atoms. The van der Waals surface area contributed by atoms with Crippen LogP contribution in [-0.2, 0) is 19.2 Å². The van der Waals surface area contributed by atoms with Gasteiger partial charge in [-0.15, -0.1) is 0 Å². The van der Waals surface area contributed by atoms with Gasteiger partial charge in [-0.05, 0) is 21.5 Å². The fraction of sp³-hybridized carbons (Fsp3) is 0.0769. The third kappa shape index (κ3) is 5.33. The average molecular weight is 490 g/mol. The van der Waals surface area contributed by atoms with E-state index in [2.05, 4.69) is 0 Å². The number of fused-ring (bicyclic) bond motifs is 2. The number of carboxylic acid groups (broad SMARTS) is 4. The predicted molar refractivity (Wildman–Crippen MR) is 126 cm³/mol. The Hall–Kier alpha value is -5.12. The predicted octanol–water partition coefficient (Wildman–Crippen LogP) is 3.33. The quantitative estimate of drug-likeness (QED) is 0.187. The van der Waals surface area contributed by atoms with Crippen LogP contribution in [0.15, 0.2) is 71.8 Å². The van der Waals surface area contributed by atoms with Gasteiger partial charge in [0.05, 0.1) is 11.1 Å². The van der Waals surface area contributed by atoms with Gasteiger partial charge >= 0.3 is 23.9 Å². The molecule has 4 N–H and O–H groups in total. The van der Waals surface area contributed by atoms with E-state index in [-0.39, 0.29) is 32.7 Å². The number of carbonyl (C=O) groups is 6. The highest BCUT2D eigenvalue weighted by Gasteiger charge is 2.25. The highest BCUT2D eigenvalue weighted by Crippen LogP contribution is 2.35. The largest absolute Gasteiger partial charge is 0.478 e. The molecule has 0 bridgehead atoms. The molecule has 0 amide bonds. The molecule has 3 aromatic carbocycles. The van der Waals surface area contributed by atoms with Crippen molar-refractivity contribution < 1.29 is 49.2 Å². The molecular formula is C26H18O10. The van der Waals surface area contributed by atoms with Crippen LogP contribution in [-0.4, -0.2) is 55.9 Å². The monoisotopic (exact) mass is 490 g/mol. The van der Waals surface area contributed by atoms with E-state index in [0.29, 0.717) is 12.2 Å². The summed E-state index contributed by atoms with van der Waals surface area (Å²) in [6.07, 6.45) is -0.587. The molecule has 3 aromatic rings. The highest BCUT2D eigenvalue weighted by atomic mass is 16.4. The zero-order valence-corrected chi connectivity index (χ0v) is 18.4. The van der Waals surface area contributed by atoms with E-state index in [1.54, 1.807) is 24.3 Å². The van der Waals surface area contributed by atoms with Gasteiger partial charge in [0, 0.05) is 36.1 Å². The Kier molecular flexibility index (Phi) is 7.39. The molecular weight excluding hydrogens is 472 g/mol. The molecule has 0 heterocycles. The van der Waals surface area contributed by atoms with E-state index in [9.17, 15) is 39.0 Å². The number of carboxylic acids is 4. The second-order valence-electron chi connectivity index (χ2n) is 7.67. The van der Waals surface area contributed by atoms with Crippen LogP contribution in [0.25, 0.3) is 21.5 Å². The summed E-state index contributed by atoms with van der Waals surface area (Å²) < 4.78 is 0. The van der Waals surface area contributed by atoms with Crippen molar-refractivity contribution >= 4 is 57.0 Å². The lowest BCUT2D eigenvalue weighted by Gasteiger charge is -2.16. The van der Waals surface area contributed by atoms with Crippen LogP contribution in [0.5, 0.6) is 0 Å². The minimum atomic E-state index is -1.57. The third-order valence-corrected chi connectivity index (χ3v) is 5.34. The first-order valence-corrected chi connectivity index (χ1v) is 10.3. The van der Waals surface area contributed by atoms with E-state index in [1.807, 2.05) is 0 Å². The first-order chi connectivity index (χ1) is 17.0. The molecule has 10 heteroatoms. The number of hydrogen-bond acceptors (Lipinski definition) is 6. The van der Waals surface area contributed by atoms with Gasteiger partial charge in [-0.25, -0.2) is 19.2 Å². The maximum Gasteiger partial charge on any atom is 0.332 e. The van der Waals surface area contributed by atoms with Crippen molar-refractivity contribution in [2.75, 3.05) is 0 Å². The van der Waals surface area contributed by atoms with Crippen molar-refractivity contribution in [2.45, 2.75) is 12.8 Å². The van der Waals surface area contributed by atoms with Crippen LogP contribution in [0.3, 0.4) is 0 Å². The van der Waals surface area contributed by atoms with Gasteiger partial charge in [-0.1, -0.05) is 48.5 Å². The van der Waals surface area contributed by atoms with Crippen molar-refractivity contribution in [1.82, 2.24) is 0 Å². The van der Waals surface area contributed by atoms with E-state index in [4.69, 9.17) is 10.2 Å². The lowest BCUT2D eigenvalue weighted by Crippen LogP contribution is -2.13. The van der Waals surface area contributed by atoms with Crippen molar-refractivity contribution in [3.63, 3.8) is 0 Å². The fourth-order valence-electron chi connectivity index (χ4n) is 3.93. The summed E-state index contributed by atoms with van der Waals surface area (Å²) >= 11 is 0. The van der Waals surface area contributed by atoms with Gasteiger partial charge in [0.1, 0.15) is 0 Å². The molecule has 0 fully saturated rings. The van der Waals surface area contributed by atoms with Gasteiger partial charge in [-0.3, -0.25) is 9.59 Å². The SMILES string of the molecule is O=C(O)/C=C(/CC(=O)c1c2ccccc2c(C(=O)C/C(=C/C(=O)O)C(=O)O)c2ccccc12)C(=O)O. The molecule has 0 aliphatic heterocycles. The first-order valence-electron chi connectivity index (χ1n) is 10.3. The minimum Gasteiger partial charge on any atom is -0.478 e. The summed E-state index contributed by atoms with van der Waals surface area (Å²) in [6.45, 7) is 0. The van der Waals surface area contributed by atoms with Crippen LogP contribution < -0.4 is 0 Å². The second kappa shape index (κ2) is 10.4. The maximum atomic E-state index is 13.3. The number of rotatable bonds is 10. The Bertz CT molecular complexity index is 1350. The van der Waals surface area contributed by atoms with Gasteiger partial charge in [0.2, 0.25) is 0 Å². The van der Waals surface area contributed by atoms with Crippen LogP contribution in [0.1, 0.15) is 33.6 Å². The molecule has 10 nitrogen and oxygen atoms in total. The Morgan fingerprint density at radius 1 is 0.528 bits per heavy atom. The maximum absolute atomic E-state index is 13.3.